The van der Waals surface area contributed by atoms with Crippen molar-refractivity contribution in [2.24, 2.45) is 5.73 Å². The quantitative estimate of drug-likeness (QED) is 0.776. The van der Waals surface area contributed by atoms with E-state index < -0.39 is 12.2 Å². The van der Waals surface area contributed by atoms with E-state index >= 15 is 0 Å². The molecule has 0 aliphatic heterocycles. The fourth-order valence-electron chi connectivity index (χ4n) is 1.05. The van der Waals surface area contributed by atoms with E-state index in [-0.39, 0.29) is 0 Å². The van der Waals surface area contributed by atoms with Crippen molar-refractivity contribution in [3.63, 3.8) is 0 Å². The molecule has 0 saturated carbocycles. The molecule has 72 valence electrons. The topological polar surface area (TPSA) is 35.2 Å². The summed E-state index contributed by atoms with van der Waals surface area (Å²) in [5.74, 6) is 0.749. The fraction of sp³-hybridized carbons (Fsp3) is 0.400. The molecule has 0 saturated heterocycles. The lowest BCUT2D eigenvalue weighted by molar-refractivity contribution is 0.335. The Balaban J connectivity index is 2.92. The van der Waals surface area contributed by atoms with Crippen LogP contribution in [0.3, 0.4) is 0 Å². The molecular weight excluding hydrogens is 169 g/mol. The molecule has 0 fully saturated rings. The van der Waals surface area contributed by atoms with Gasteiger partial charge in [0.2, 0.25) is 0 Å². The lowest BCUT2D eigenvalue weighted by Gasteiger charge is -2.21. The van der Waals surface area contributed by atoms with Crippen LogP contribution in [0.1, 0.15) is 12.5 Å². The summed E-state index contributed by atoms with van der Waals surface area (Å²) in [4.78, 5) is 0. The number of benzene rings is 1. The maximum Gasteiger partial charge on any atom is 0.118 e. The zero-order chi connectivity index (χ0) is 9.90. The van der Waals surface area contributed by atoms with E-state index in [1.807, 2.05) is 0 Å². The molecule has 1 unspecified atom stereocenters. The molecule has 0 spiro atoms. The van der Waals surface area contributed by atoms with E-state index in [0.29, 0.717) is 0 Å². The van der Waals surface area contributed by atoms with Gasteiger partial charge in [-0.05, 0) is 24.6 Å². The highest BCUT2D eigenvalue weighted by Crippen LogP contribution is 2.20. The van der Waals surface area contributed by atoms with E-state index in [4.69, 9.17) is 10.5 Å². The Bertz CT molecular complexity index is 269. The molecule has 13 heavy (non-hydrogen) atoms. The first-order valence-corrected chi connectivity index (χ1v) is 4.09. The average Bonchev–Trinajstić information content (AvgIpc) is 2.18. The van der Waals surface area contributed by atoms with Gasteiger partial charge in [-0.25, -0.2) is 4.39 Å². The Labute approximate surface area is 77.5 Å². The molecule has 1 atom stereocenters. The van der Waals surface area contributed by atoms with Gasteiger partial charge in [0, 0.05) is 0 Å². The smallest absolute Gasteiger partial charge is 0.118 e. The second-order valence-corrected chi connectivity index (χ2v) is 3.28. The van der Waals surface area contributed by atoms with E-state index in [1.54, 1.807) is 38.3 Å². The third kappa shape index (κ3) is 2.18. The summed E-state index contributed by atoms with van der Waals surface area (Å²) in [5.41, 5.74) is 5.59. The second-order valence-electron chi connectivity index (χ2n) is 3.28. The molecular formula is C10H14FNO. The van der Waals surface area contributed by atoms with Crippen molar-refractivity contribution in [2.75, 3.05) is 13.8 Å². The highest BCUT2D eigenvalue weighted by atomic mass is 19.1. The first-order chi connectivity index (χ1) is 6.10. The largest absolute Gasteiger partial charge is 0.497 e. The summed E-state index contributed by atoms with van der Waals surface area (Å²) >= 11 is 0. The molecule has 0 radical (unpaired) electrons. The number of nitrogens with two attached hydrogens (primary N) is 1. The molecule has 3 heteroatoms. The van der Waals surface area contributed by atoms with E-state index in [0.717, 1.165) is 11.3 Å². The van der Waals surface area contributed by atoms with Crippen molar-refractivity contribution >= 4 is 0 Å². The predicted molar refractivity (Wildman–Crippen MR) is 50.5 cm³/mol. The van der Waals surface area contributed by atoms with Gasteiger partial charge >= 0.3 is 0 Å². The Morgan fingerprint density at radius 3 is 2.31 bits per heavy atom. The van der Waals surface area contributed by atoms with Gasteiger partial charge in [0.25, 0.3) is 0 Å². The Kier molecular flexibility index (Phi) is 2.88. The van der Waals surface area contributed by atoms with Crippen molar-refractivity contribution < 1.29 is 9.13 Å². The normalized spacial score (nSPS) is 15.1. The van der Waals surface area contributed by atoms with Crippen molar-refractivity contribution in [3.8, 4) is 5.75 Å². The van der Waals surface area contributed by atoms with Crippen LogP contribution in [0.4, 0.5) is 4.39 Å². The van der Waals surface area contributed by atoms with Crippen LogP contribution in [0.2, 0.25) is 0 Å². The molecule has 2 N–H and O–H groups in total. The van der Waals surface area contributed by atoms with E-state index in [9.17, 15) is 4.39 Å². The van der Waals surface area contributed by atoms with Crippen LogP contribution < -0.4 is 10.5 Å². The Morgan fingerprint density at radius 2 is 1.92 bits per heavy atom. The Morgan fingerprint density at radius 1 is 1.38 bits per heavy atom. The standard InChI is InChI=1S/C10H14FNO/c1-10(12,7-11)8-3-5-9(13-2)6-4-8/h3-6H,7,12H2,1-2H3. The number of alkyl halides is 1. The summed E-state index contributed by atoms with van der Waals surface area (Å²) < 4.78 is 17.5. The maximum atomic E-state index is 12.5. The van der Waals surface area contributed by atoms with Crippen LogP contribution >= 0.6 is 0 Å². The van der Waals surface area contributed by atoms with Crippen LogP contribution in [-0.2, 0) is 5.54 Å². The highest BCUT2D eigenvalue weighted by molar-refractivity contribution is 5.31. The minimum absolute atomic E-state index is 0.570. The highest BCUT2D eigenvalue weighted by Gasteiger charge is 2.20. The average molecular weight is 183 g/mol. The molecule has 1 aromatic rings. The van der Waals surface area contributed by atoms with Crippen molar-refractivity contribution in [1.82, 2.24) is 0 Å². The van der Waals surface area contributed by atoms with Gasteiger partial charge in [0.15, 0.2) is 0 Å². The molecule has 0 bridgehead atoms. The molecule has 0 aliphatic rings. The van der Waals surface area contributed by atoms with E-state index in [1.165, 1.54) is 0 Å². The van der Waals surface area contributed by atoms with Crippen LogP contribution in [-0.4, -0.2) is 13.8 Å². The fourth-order valence-corrected chi connectivity index (χ4v) is 1.05. The van der Waals surface area contributed by atoms with Gasteiger partial charge in [-0.2, -0.15) is 0 Å². The lowest BCUT2D eigenvalue weighted by Crippen LogP contribution is -2.35. The zero-order valence-electron chi connectivity index (χ0n) is 7.88. The van der Waals surface area contributed by atoms with Crippen LogP contribution in [0, 0.1) is 0 Å². The van der Waals surface area contributed by atoms with Gasteiger partial charge in [-0.3, -0.25) is 0 Å². The first-order valence-electron chi connectivity index (χ1n) is 4.09. The Hall–Kier alpha value is -1.09. The molecule has 1 rings (SSSR count). The summed E-state index contributed by atoms with van der Waals surface area (Å²) in [5, 5.41) is 0. The number of rotatable bonds is 3. The zero-order valence-corrected chi connectivity index (χ0v) is 7.88. The molecule has 0 amide bonds. The number of ether oxygens (including phenoxy) is 1. The van der Waals surface area contributed by atoms with Gasteiger partial charge < -0.3 is 10.5 Å². The predicted octanol–water partition coefficient (Wildman–Crippen LogP) is 1.84. The number of methoxy groups -OCH3 is 1. The molecule has 2 nitrogen and oxygen atoms in total. The van der Waals surface area contributed by atoms with Crippen LogP contribution in [0.25, 0.3) is 0 Å². The number of halogens is 1. The van der Waals surface area contributed by atoms with Crippen molar-refractivity contribution in [1.29, 1.82) is 0 Å². The summed E-state index contributed by atoms with van der Waals surface area (Å²) in [6.45, 7) is 1.09. The molecule has 0 heterocycles. The minimum atomic E-state index is -0.897. The van der Waals surface area contributed by atoms with Crippen molar-refractivity contribution in [2.45, 2.75) is 12.5 Å². The van der Waals surface area contributed by atoms with Gasteiger partial charge in [0.05, 0.1) is 12.6 Å². The molecule has 0 aromatic heterocycles. The number of hydrogen-bond donors (Lipinski definition) is 1. The summed E-state index contributed by atoms with van der Waals surface area (Å²) in [6.07, 6.45) is 0. The number of hydrogen-bond acceptors (Lipinski definition) is 2. The molecule has 1 aromatic carbocycles. The van der Waals surface area contributed by atoms with Gasteiger partial charge in [-0.1, -0.05) is 12.1 Å². The minimum Gasteiger partial charge on any atom is -0.497 e. The van der Waals surface area contributed by atoms with Crippen molar-refractivity contribution in [3.05, 3.63) is 29.8 Å². The third-order valence-electron chi connectivity index (χ3n) is 2.03. The molecule has 0 aliphatic carbocycles. The third-order valence-corrected chi connectivity index (χ3v) is 2.03. The van der Waals surface area contributed by atoms with Gasteiger partial charge in [-0.15, -0.1) is 0 Å². The first kappa shape index (κ1) is 9.99. The van der Waals surface area contributed by atoms with Crippen LogP contribution in [0.15, 0.2) is 24.3 Å². The van der Waals surface area contributed by atoms with Crippen LogP contribution in [0.5, 0.6) is 5.75 Å². The lowest BCUT2D eigenvalue weighted by atomic mass is 9.95. The maximum absolute atomic E-state index is 12.5. The van der Waals surface area contributed by atoms with E-state index in [2.05, 4.69) is 0 Å². The monoisotopic (exact) mass is 183 g/mol. The SMILES string of the molecule is COc1ccc(C(C)(N)CF)cc1. The summed E-state index contributed by atoms with van der Waals surface area (Å²) in [7, 11) is 1.59. The second kappa shape index (κ2) is 3.75. The summed E-state index contributed by atoms with van der Waals surface area (Å²) in [6, 6.07) is 7.10. The van der Waals surface area contributed by atoms with Gasteiger partial charge in [0.1, 0.15) is 12.4 Å².